The van der Waals surface area contributed by atoms with Gasteiger partial charge >= 0.3 is 0 Å². The van der Waals surface area contributed by atoms with Gasteiger partial charge in [-0.15, -0.1) is 0 Å². The number of rotatable bonds is 4. The Morgan fingerprint density at radius 3 is 2.91 bits per heavy atom. The number of nitrogens with one attached hydrogen (secondary N) is 1. The molecule has 0 spiro atoms. The van der Waals surface area contributed by atoms with Crippen LogP contribution in [0.5, 0.6) is 0 Å². The first-order valence-electron chi connectivity index (χ1n) is 6.79. The Labute approximate surface area is 131 Å². The summed E-state index contributed by atoms with van der Waals surface area (Å²) in [5.74, 6) is -0.582. The van der Waals surface area contributed by atoms with E-state index in [2.05, 4.69) is 10.4 Å². The maximum atomic E-state index is 13.1. The van der Waals surface area contributed by atoms with Gasteiger partial charge in [0, 0.05) is 17.5 Å². The van der Waals surface area contributed by atoms with E-state index in [0.29, 0.717) is 17.3 Å². The molecule has 1 amide bonds. The van der Waals surface area contributed by atoms with Crippen molar-refractivity contribution in [2.24, 2.45) is 0 Å². The number of amides is 1. The Morgan fingerprint density at radius 2 is 2.09 bits per heavy atom. The average molecular weight is 318 g/mol. The Bertz CT molecular complexity index is 831. The molecule has 2 aromatic carbocycles. The van der Waals surface area contributed by atoms with Crippen LogP contribution in [0.25, 0.3) is 10.9 Å². The van der Waals surface area contributed by atoms with Gasteiger partial charge < -0.3 is 5.32 Å². The highest BCUT2D eigenvalue weighted by molar-refractivity contribution is 6.35. The molecule has 1 heterocycles. The van der Waals surface area contributed by atoms with Gasteiger partial charge in [-0.1, -0.05) is 23.7 Å². The smallest absolute Gasteiger partial charge is 0.226 e. The molecular formula is C16H13ClFN3O. The molecule has 6 heteroatoms. The normalized spacial score (nSPS) is 10.8. The SMILES string of the molecule is O=C(CCn1ncc2c(Cl)cccc21)Nc1cccc(F)c1. The second-order valence-corrected chi connectivity index (χ2v) is 5.26. The van der Waals surface area contributed by atoms with E-state index in [1.807, 2.05) is 12.1 Å². The van der Waals surface area contributed by atoms with Crippen molar-refractivity contribution in [2.45, 2.75) is 13.0 Å². The Kier molecular flexibility index (Phi) is 4.06. The summed E-state index contributed by atoms with van der Waals surface area (Å²) in [6.45, 7) is 0.422. The number of carbonyl (C=O) groups excluding carboxylic acids is 1. The number of hydrogen-bond acceptors (Lipinski definition) is 2. The summed E-state index contributed by atoms with van der Waals surface area (Å²) < 4.78 is 14.8. The molecule has 4 nitrogen and oxygen atoms in total. The van der Waals surface area contributed by atoms with Gasteiger partial charge in [-0.3, -0.25) is 9.48 Å². The van der Waals surface area contributed by atoms with E-state index in [4.69, 9.17) is 11.6 Å². The van der Waals surface area contributed by atoms with Crippen LogP contribution in [0.1, 0.15) is 6.42 Å². The lowest BCUT2D eigenvalue weighted by Gasteiger charge is -2.06. The van der Waals surface area contributed by atoms with Gasteiger partial charge in [-0.05, 0) is 30.3 Å². The van der Waals surface area contributed by atoms with Crippen LogP contribution in [0.4, 0.5) is 10.1 Å². The maximum Gasteiger partial charge on any atom is 0.226 e. The van der Waals surface area contributed by atoms with E-state index in [1.54, 1.807) is 29.1 Å². The highest BCUT2D eigenvalue weighted by Crippen LogP contribution is 2.22. The van der Waals surface area contributed by atoms with Gasteiger partial charge in [0.05, 0.1) is 23.3 Å². The molecule has 1 aromatic heterocycles. The highest BCUT2D eigenvalue weighted by Gasteiger charge is 2.08. The monoisotopic (exact) mass is 317 g/mol. The van der Waals surface area contributed by atoms with Crippen molar-refractivity contribution in [3.05, 3.63) is 59.5 Å². The number of aromatic nitrogens is 2. The number of hydrogen-bond donors (Lipinski definition) is 1. The summed E-state index contributed by atoms with van der Waals surface area (Å²) in [7, 11) is 0. The van der Waals surface area contributed by atoms with E-state index in [1.165, 1.54) is 12.1 Å². The van der Waals surface area contributed by atoms with Crippen LogP contribution in [0, 0.1) is 5.82 Å². The summed E-state index contributed by atoms with van der Waals surface area (Å²) in [6, 6.07) is 11.3. The molecule has 1 N–H and O–H groups in total. The zero-order valence-electron chi connectivity index (χ0n) is 11.6. The topological polar surface area (TPSA) is 46.9 Å². The van der Waals surface area contributed by atoms with E-state index in [-0.39, 0.29) is 18.1 Å². The summed E-state index contributed by atoms with van der Waals surface area (Å²) in [5.41, 5.74) is 1.32. The molecule has 22 heavy (non-hydrogen) atoms. The molecule has 0 saturated carbocycles. The first-order chi connectivity index (χ1) is 10.6. The maximum absolute atomic E-state index is 13.1. The van der Waals surface area contributed by atoms with Gasteiger partial charge in [-0.25, -0.2) is 4.39 Å². The Hall–Kier alpha value is -2.40. The standard InChI is InChI=1S/C16H13ClFN3O/c17-14-5-2-6-15-13(14)10-19-21(15)8-7-16(22)20-12-4-1-3-11(18)9-12/h1-6,9-10H,7-8H2,(H,20,22). The minimum absolute atomic E-state index is 0.198. The Balaban J connectivity index is 1.66. The van der Waals surface area contributed by atoms with Gasteiger partial charge in [0.15, 0.2) is 0 Å². The molecule has 0 aliphatic rings. The molecule has 0 aliphatic carbocycles. The van der Waals surface area contributed by atoms with Crippen LogP contribution in [0.2, 0.25) is 5.02 Å². The van der Waals surface area contributed by atoms with Crippen molar-refractivity contribution in [3.8, 4) is 0 Å². The van der Waals surface area contributed by atoms with E-state index in [9.17, 15) is 9.18 Å². The third kappa shape index (κ3) is 3.09. The Morgan fingerprint density at radius 1 is 1.27 bits per heavy atom. The van der Waals surface area contributed by atoms with Gasteiger partial charge in [-0.2, -0.15) is 5.10 Å². The molecular weight excluding hydrogens is 305 g/mol. The summed E-state index contributed by atoms with van der Waals surface area (Å²) in [6.07, 6.45) is 1.92. The molecule has 0 aliphatic heterocycles. The first kappa shape index (κ1) is 14.5. The van der Waals surface area contributed by atoms with Crippen LogP contribution in [-0.4, -0.2) is 15.7 Å². The van der Waals surface area contributed by atoms with Crippen LogP contribution in [0.15, 0.2) is 48.7 Å². The second kappa shape index (κ2) is 6.15. The number of halogens is 2. The molecule has 0 atom stereocenters. The van der Waals surface area contributed by atoms with Crippen molar-refractivity contribution in [1.82, 2.24) is 9.78 Å². The van der Waals surface area contributed by atoms with Gasteiger partial charge in [0.25, 0.3) is 0 Å². The molecule has 0 saturated heterocycles. The van der Waals surface area contributed by atoms with E-state index >= 15 is 0 Å². The minimum Gasteiger partial charge on any atom is -0.326 e. The third-order valence-corrected chi connectivity index (χ3v) is 3.62. The average Bonchev–Trinajstić information content (AvgIpc) is 2.90. The number of carbonyl (C=O) groups is 1. The molecule has 112 valence electrons. The molecule has 0 bridgehead atoms. The molecule has 0 fully saturated rings. The predicted octanol–water partition coefficient (Wildman–Crippen LogP) is 3.86. The molecule has 3 aromatic rings. The van der Waals surface area contributed by atoms with Gasteiger partial charge in [0.2, 0.25) is 5.91 Å². The van der Waals surface area contributed by atoms with Crippen molar-refractivity contribution in [2.75, 3.05) is 5.32 Å². The fraction of sp³-hybridized carbons (Fsp3) is 0.125. The van der Waals surface area contributed by atoms with Crippen LogP contribution in [-0.2, 0) is 11.3 Å². The molecule has 0 radical (unpaired) electrons. The third-order valence-electron chi connectivity index (χ3n) is 3.29. The number of benzene rings is 2. The lowest BCUT2D eigenvalue weighted by molar-refractivity contribution is -0.116. The van der Waals surface area contributed by atoms with Crippen molar-refractivity contribution in [1.29, 1.82) is 0 Å². The number of nitrogens with zero attached hydrogens (tertiary/aromatic N) is 2. The lowest BCUT2D eigenvalue weighted by Crippen LogP contribution is -2.15. The lowest BCUT2D eigenvalue weighted by atomic mass is 10.2. The van der Waals surface area contributed by atoms with Crippen molar-refractivity contribution in [3.63, 3.8) is 0 Å². The predicted molar refractivity (Wildman–Crippen MR) is 84.4 cm³/mol. The summed E-state index contributed by atoms with van der Waals surface area (Å²) in [5, 5.41) is 8.39. The van der Waals surface area contributed by atoms with Gasteiger partial charge in [0.1, 0.15) is 5.82 Å². The van der Waals surface area contributed by atoms with Crippen molar-refractivity contribution < 1.29 is 9.18 Å². The van der Waals surface area contributed by atoms with Crippen LogP contribution >= 0.6 is 11.6 Å². The minimum atomic E-state index is -0.384. The quantitative estimate of drug-likeness (QED) is 0.794. The summed E-state index contributed by atoms with van der Waals surface area (Å²) in [4.78, 5) is 11.9. The van der Waals surface area contributed by atoms with Crippen LogP contribution in [0.3, 0.4) is 0 Å². The zero-order chi connectivity index (χ0) is 15.5. The second-order valence-electron chi connectivity index (χ2n) is 4.85. The molecule has 0 unspecified atom stereocenters. The van der Waals surface area contributed by atoms with Crippen molar-refractivity contribution >= 4 is 34.1 Å². The largest absolute Gasteiger partial charge is 0.326 e. The van der Waals surface area contributed by atoms with E-state index in [0.717, 1.165) is 10.9 Å². The first-order valence-corrected chi connectivity index (χ1v) is 7.17. The fourth-order valence-electron chi connectivity index (χ4n) is 2.24. The number of aryl methyl sites for hydroxylation is 1. The fourth-order valence-corrected chi connectivity index (χ4v) is 2.46. The number of anilines is 1. The molecule has 3 rings (SSSR count). The zero-order valence-corrected chi connectivity index (χ0v) is 12.3. The summed E-state index contributed by atoms with van der Waals surface area (Å²) >= 11 is 6.09. The van der Waals surface area contributed by atoms with Crippen LogP contribution < -0.4 is 5.32 Å². The highest BCUT2D eigenvalue weighted by atomic mass is 35.5. The van der Waals surface area contributed by atoms with E-state index < -0.39 is 0 Å². The number of fused-ring (bicyclic) bond motifs is 1.